The second-order valence-corrected chi connectivity index (χ2v) is 13.4. The lowest BCUT2D eigenvalue weighted by atomic mass is 10.0. The van der Waals surface area contributed by atoms with E-state index in [2.05, 4.69) is 15.8 Å². The molecule has 3 atom stereocenters. The zero-order valence-electron chi connectivity index (χ0n) is 23.6. The molecule has 2 aromatic heterocycles. The van der Waals surface area contributed by atoms with Gasteiger partial charge in [-0.3, -0.25) is 4.79 Å². The van der Waals surface area contributed by atoms with Crippen molar-refractivity contribution in [3.8, 4) is 5.75 Å². The maximum atomic E-state index is 13.4. The molecule has 0 saturated heterocycles. The van der Waals surface area contributed by atoms with Crippen LogP contribution in [0, 0.1) is 19.8 Å². The average molecular weight is 606 g/mol. The van der Waals surface area contributed by atoms with E-state index in [1.165, 1.54) is 11.4 Å². The van der Waals surface area contributed by atoms with Crippen molar-refractivity contribution in [3.05, 3.63) is 52.7 Å². The number of benzene rings is 1. The van der Waals surface area contributed by atoms with Crippen LogP contribution in [-0.2, 0) is 21.2 Å². The Kier molecular flexibility index (Phi) is 9.37. The summed E-state index contributed by atoms with van der Waals surface area (Å²) in [5.41, 5.74) is 1.95. The Morgan fingerprint density at radius 1 is 1.29 bits per heavy atom. The van der Waals surface area contributed by atoms with Crippen molar-refractivity contribution >= 4 is 44.7 Å². The number of rotatable bonds is 8. The van der Waals surface area contributed by atoms with Crippen LogP contribution in [0.4, 0.5) is 16.2 Å². The van der Waals surface area contributed by atoms with Gasteiger partial charge in [-0.15, -0.1) is 11.3 Å². The fraction of sp³-hybridized carbons (Fsp3) is 0.444. The lowest BCUT2D eigenvalue weighted by Crippen LogP contribution is -2.48. The summed E-state index contributed by atoms with van der Waals surface area (Å²) in [4.78, 5) is 27.7. The number of anilines is 2. The number of aliphatic hydroxyl groups excluding tert-OH is 1. The number of hydrogen-bond donors (Lipinski definition) is 3. The molecule has 14 heteroatoms. The smallest absolute Gasteiger partial charge is 0.323 e. The van der Waals surface area contributed by atoms with Crippen LogP contribution in [0.25, 0.3) is 0 Å². The Morgan fingerprint density at radius 3 is 2.68 bits per heavy atom. The number of amides is 3. The summed E-state index contributed by atoms with van der Waals surface area (Å²) in [6.45, 7) is 7.11. The van der Waals surface area contributed by atoms with Crippen molar-refractivity contribution in [2.75, 3.05) is 37.4 Å². The number of sulfonamides is 1. The summed E-state index contributed by atoms with van der Waals surface area (Å²) < 4.78 is 39.3. The number of thiophene rings is 1. The van der Waals surface area contributed by atoms with Gasteiger partial charge in [-0.25, -0.2) is 13.2 Å². The van der Waals surface area contributed by atoms with Gasteiger partial charge in [0.1, 0.15) is 27.4 Å². The molecule has 3 heterocycles. The summed E-state index contributed by atoms with van der Waals surface area (Å²) in [6.07, 6.45) is -0.655. The first-order chi connectivity index (χ1) is 19.4. The predicted octanol–water partition coefficient (Wildman–Crippen LogP) is 3.47. The molecule has 1 aliphatic heterocycles. The highest BCUT2D eigenvalue weighted by atomic mass is 32.2. The second-order valence-electron chi connectivity index (χ2n) is 10.2. The highest BCUT2D eigenvalue weighted by Gasteiger charge is 2.33. The number of likely N-dealkylation sites (N-methyl/N-ethyl adjacent to an activating group) is 1. The topological polar surface area (TPSA) is 154 Å². The third kappa shape index (κ3) is 6.89. The first-order valence-electron chi connectivity index (χ1n) is 13.1. The van der Waals surface area contributed by atoms with Crippen molar-refractivity contribution in [1.29, 1.82) is 0 Å². The van der Waals surface area contributed by atoms with Crippen LogP contribution < -0.4 is 15.4 Å². The molecular weight excluding hydrogens is 570 g/mol. The van der Waals surface area contributed by atoms with E-state index in [9.17, 15) is 23.1 Å². The van der Waals surface area contributed by atoms with Gasteiger partial charge >= 0.3 is 6.03 Å². The standard InChI is InChI=1S/C27H35N5O7S2/c1-16-13-32(17(2)15-33)24(34)12-20-11-21(28-27(35)29-26-18(3)30-39-19(26)4)8-9-22(20)38-23(16)14-31(5)41(36,37)25-7-6-10-40-25/h6-11,16-17,23,33H,12-15H2,1-5H3,(H2,28,29,35)/t16-,17-,23+/m1/s1. The number of aliphatic hydroxyl groups is 1. The van der Waals surface area contributed by atoms with Gasteiger partial charge in [0.2, 0.25) is 5.91 Å². The Hall–Kier alpha value is -3.46. The molecule has 0 unspecified atom stereocenters. The number of carbonyl (C=O) groups is 2. The van der Waals surface area contributed by atoms with Gasteiger partial charge in [0.25, 0.3) is 10.0 Å². The first-order valence-corrected chi connectivity index (χ1v) is 15.4. The third-order valence-electron chi connectivity index (χ3n) is 7.04. The van der Waals surface area contributed by atoms with Crippen LogP contribution in [-0.4, -0.2) is 78.7 Å². The molecule has 0 bridgehead atoms. The number of aromatic nitrogens is 1. The molecule has 4 rings (SSSR count). The molecule has 222 valence electrons. The van der Waals surface area contributed by atoms with Gasteiger partial charge in [0, 0.05) is 30.8 Å². The quantitative estimate of drug-likeness (QED) is 0.353. The minimum atomic E-state index is -3.73. The van der Waals surface area contributed by atoms with Gasteiger partial charge in [-0.1, -0.05) is 18.1 Å². The lowest BCUT2D eigenvalue weighted by Gasteiger charge is -2.33. The maximum Gasteiger partial charge on any atom is 0.323 e. The molecule has 1 aromatic carbocycles. The van der Waals surface area contributed by atoms with E-state index in [4.69, 9.17) is 9.26 Å². The van der Waals surface area contributed by atoms with E-state index in [1.807, 2.05) is 6.92 Å². The summed E-state index contributed by atoms with van der Waals surface area (Å²) >= 11 is 1.14. The number of carbonyl (C=O) groups excluding carboxylic acids is 2. The van der Waals surface area contributed by atoms with Gasteiger partial charge in [-0.2, -0.15) is 4.31 Å². The lowest BCUT2D eigenvalue weighted by molar-refractivity contribution is -0.134. The van der Waals surface area contributed by atoms with Gasteiger partial charge < -0.3 is 29.9 Å². The van der Waals surface area contributed by atoms with Crippen molar-refractivity contribution in [2.45, 2.75) is 50.5 Å². The highest BCUT2D eigenvalue weighted by Crippen LogP contribution is 2.30. The zero-order valence-corrected chi connectivity index (χ0v) is 25.2. The predicted molar refractivity (Wildman–Crippen MR) is 155 cm³/mol. The maximum absolute atomic E-state index is 13.4. The molecule has 0 aliphatic carbocycles. The van der Waals surface area contributed by atoms with Gasteiger partial charge in [0.05, 0.1) is 25.6 Å². The van der Waals surface area contributed by atoms with E-state index >= 15 is 0 Å². The molecule has 41 heavy (non-hydrogen) atoms. The minimum absolute atomic E-state index is 0.0379. The fourth-order valence-corrected chi connectivity index (χ4v) is 6.96. The molecule has 12 nitrogen and oxygen atoms in total. The monoisotopic (exact) mass is 605 g/mol. The molecule has 0 saturated carbocycles. The average Bonchev–Trinajstić information content (AvgIpc) is 3.59. The molecule has 0 radical (unpaired) electrons. The van der Waals surface area contributed by atoms with E-state index < -0.39 is 28.2 Å². The minimum Gasteiger partial charge on any atom is -0.488 e. The molecule has 3 amide bonds. The van der Waals surface area contributed by atoms with Crippen molar-refractivity contribution < 1.29 is 32.4 Å². The summed E-state index contributed by atoms with van der Waals surface area (Å²) in [5, 5.41) is 20.9. The van der Waals surface area contributed by atoms with Crippen LogP contribution in [0.3, 0.4) is 0 Å². The third-order valence-corrected chi connectivity index (χ3v) is 10.2. The van der Waals surface area contributed by atoms with Crippen molar-refractivity contribution in [2.24, 2.45) is 5.92 Å². The Morgan fingerprint density at radius 2 is 2.05 bits per heavy atom. The van der Waals surface area contributed by atoms with Crippen LogP contribution in [0.1, 0.15) is 30.9 Å². The molecule has 1 aliphatic rings. The summed E-state index contributed by atoms with van der Waals surface area (Å²) in [5.74, 6) is 0.377. The van der Waals surface area contributed by atoms with E-state index in [1.54, 1.807) is 61.4 Å². The van der Waals surface area contributed by atoms with Gasteiger partial charge in [0.15, 0.2) is 5.76 Å². The fourth-order valence-electron chi connectivity index (χ4n) is 4.58. The molecular formula is C27H35N5O7S2. The molecule has 0 fully saturated rings. The Balaban J connectivity index is 1.62. The van der Waals surface area contributed by atoms with E-state index in [0.717, 1.165) is 11.3 Å². The number of ether oxygens (including phenoxy) is 1. The summed E-state index contributed by atoms with van der Waals surface area (Å²) in [6, 6.07) is 7.22. The van der Waals surface area contributed by atoms with E-state index in [0.29, 0.717) is 34.1 Å². The first kappa shape index (κ1) is 30.5. The highest BCUT2D eigenvalue weighted by molar-refractivity contribution is 7.91. The zero-order chi connectivity index (χ0) is 29.9. The molecule has 0 spiro atoms. The number of nitrogens with one attached hydrogen (secondary N) is 2. The van der Waals surface area contributed by atoms with Crippen LogP contribution in [0.2, 0.25) is 0 Å². The largest absolute Gasteiger partial charge is 0.488 e. The SMILES string of the molecule is Cc1noc(C)c1NC(=O)Nc1ccc2c(c1)CC(=O)N([C@H](C)CO)C[C@@H](C)[C@H](CN(C)S(=O)(=O)c1cccs1)O2. The summed E-state index contributed by atoms with van der Waals surface area (Å²) in [7, 11) is -2.23. The van der Waals surface area contributed by atoms with Crippen molar-refractivity contribution in [1.82, 2.24) is 14.4 Å². The Bertz CT molecular complexity index is 1470. The van der Waals surface area contributed by atoms with E-state index in [-0.39, 0.29) is 42.2 Å². The van der Waals surface area contributed by atoms with Crippen LogP contribution in [0.5, 0.6) is 5.75 Å². The molecule has 3 aromatic rings. The van der Waals surface area contributed by atoms with Crippen LogP contribution >= 0.6 is 11.3 Å². The number of fused-ring (bicyclic) bond motifs is 1. The normalized spacial score (nSPS) is 18.6. The number of hydrogen-bond acceptors (Lipinski definition) is 9. The second kappa shape index (κ2) is 12.6. The number of nitrogens with zero attached hydrogens (tertiary/aromatic N) is 3. The van der Waals surface area contributed by atoms with Crippen molar-refractivity contribution in [3.63, 3.8) is 0 Å². The molecule has 3 N–H and O–H groups in total. The Labute approximate surface area is 243 Å². The number of urea groups is 1. The van der Waals surface area contributed by atoms with Crippen LogP contribution in [0.15, 0.2) is 44.4 Å². The number of aryl methyl sites for hydroxylation is 2. The van der Waals surface area contributed by atoms with Gasteiger partial charge in [-0.05, 0) is 50.4 Å².